The highest BCUT2D eigenvalue weighted by molar-refractivity contribution is 6.32. The van der Waals surface area contributed by atoms with Crippen LogP contribution in [0.2, 0.25) is 5.02 Å². The molecule has 0 bridgehead atoms. The molecule has 1 atom stereocenters. The van der Waals surface area contributed by atoms with Crippen LogP contribution in [0.4, 0.5) is 8.78 Å². The van der Waals surface area contributed by atoms with E-state index in [2.05, 4.69) is 0 Å². The molecule has 4 nitrogen and oxygen atoms in total. The van der Waals surface area contributed by atoms with Crippen LogP contribution in [0.1, 0.15) is 35.8 Å². The molecule has 0 heterocycles. The fourth-order valence-corrected chi connectivity index (χ4v) is 2.55. The zero-order valence-electron chi connectivity index (χ0n) is 14.0. The monoisotopic (exact) mass is 369 g/mol. The van der Waals surface area contributed by atoms with Crippen LogP contribution in [-0.2, 0) is 0 Å². The molecule has 1 amide bonds. The molecule has 0 spiro atoms. The van der Waals surface area contributed by atoms with Crippen LogP contribution in [0.15, 0.2) is 30.3 Å². The number of carbonyl (C=O) groups excluding carboxylic acids is 1. The second kappa shape index (κ2) is 7.70. The Hall–Kier alpha value is -2.34. The Balaban J connectivity index is 2.31. The first-order valence-electron chi connectivity index (χ1n) is 7.63. The fourth-order valence-electron chi connectivity index (χ4n) is 2.34. The standard InChI is InChI=1S/C18H18ClF2NO3/c1-4-25-16-9-12(7-13(19)17(16)23)18(24)22(3)10(2)11-5-6-14(20)15(21)8-11/h5-10,23H,4H2,1-3H3. The largest absolute Gasteiger partial charge is 0.503 e. The van der Waals surface area contributed by atoms with Gasteiger partial charge in [-0.25, -0.2) is 8.78 Å². The lowest BCUT2D eigenvalue weighted by molar-refractivity contribution is 0.0742. The third kappa shape index (κ3) is 4.02. The zero-order chi connectivity index (χ0) is 18.7. The predicted molar refractivity (Wildman–Crippen MR) is 91.2 cm³/mol. The number of hydrogen-bond donors (Lipinski definition) is 1. The average molecular weight is 370 g/mol. The van der Waals surface area contributed by atoms with Crippen molar-refractivity contribution in [1.29, 1.82) is 0 Å². The molecule has 0 aromatic heterocycles. The van der Waals surface area contributed by atoms with Gasteiger partial charge in [0.1, 0.15) is 0 Å². The molecule has 0 saturated heterocycles. The summed E-state index contributed by atoms with van der Waals surface area (Å²) in [7, 11) is 1.54. The Morgan fingerprint density at radius 3 is 2.56 bits per heavy atom. The molecule has 0 fully saturated rings. The number of benzene rings is 2. The third-order valence-corrected chi connectivity index (χ3v) is 4.19. The maximum Gasteiger partial charge on any atom is 0.254 e. The van der Waals surface area contributed by atoms with Crippen LogP contribution in [0.25, 0.3) is 0 Å². The fraction of sp³-hybridized carbons (Fsp3) is 0.278. The lowest BCUT2D eigenvalue weighted by Crippen LogP contribution is -2.29. The Labute approximate surface area is 149 Å². The van der Waals surface area contributed by atoms with Gasteiger partial charge in [-0.15, -0.1) is 0 Å². The average Bonchev–Trinajstić information content (AvgIpc) is 2.59. The van der Waals surface area contributed by atoms with Crippen LogP contribution >= 0.6 is 11.6 Å². The number of phenolic OH excluding ortho intramolecular Hbond substituents is 1. The lowest BCUT2D eigenvalue weighted by Gasteiger charge is -2.26. The maximum absolute atomic E-state index is 13.4. The van der Waals surface area contributed by atoms with E-state index in [-0.39, 0.29) is 22.1 Å². The first-order chi connectivity index (χ1) is 11.8. The van der Waals surface area contributed by atoms with Crippen molar-refractivity contribution in [3.05, 3.63) is 58.1 Å². The Morgan fingerprint density at radius 1 is 1.28 bits per heavy atom. The number of aromatic hydroxyl groups is 1. The predicted octanol–water partition coefficient (Wildman–Crippen LogP) is 4.56. The van der Waals surface area contributed by atoms with Crippen molar-refractivity contribution < 1.29 is 23.4 Å². The van der Waals surface area contributed by atoms with Crippen molar-refractivity contribution in [3.8, 4) is 11.5 Å². The second-order valence-electron chi connectivity index (χ2n) is 5.50. The van der Waals surface area contributed by atoms with Crippen molar-refractivity contribution in [2.45, 2.75) is 19.9 Å². The number of amides is 1. The highest BCUT2D eigenvalue weighted by Crippen LogP contribution is 2.36. The third-order valence-electron chi connectivity index (χ3n) is 3.90. The quantitative estimate of drug-likeness (QED) is 0.840. The molecule has 0 radical (unpaired) electrons. The molecule has 2 rings (SSSR count). The van der Waals surface area contributed by atoms with E-state index in [0.29, 0.717) is 12.2 Å². The van der Waals surface area contributed by atoms with Gasteiger partial charge in [-0.2, -0.15) is 0 Å². The molecule has 0 saturated carbocycles. The molecular formula is C18H18ClF2NO3. The van der Waals surface area contributed by atoms with Gasteiger partial charge in [-0.1, -0.05) is 17.7 Å². The van der Waals surface area contributed by atoms with E-state index in [4.69, 9.17) is 16.3 Å². The first kappa shape index (κ1) is 19.0. The van der Waals surface area contributed by atoms with E-state index in [0.717, 1.165) is 12.1 Å². The molecule has 0 aliphatic rings. The van der Waals surface area contributed by atoms with E-state index in [1.807, 2.05) is 0 Å². The van der Waals surface area contributed by atoms with Crippen molar-refractivity contribution in [3.63, 3.8) is 0 Å². The summed E-state index contributed by atoms with van der Waals surface area (Å²) in [4.78, 5) is 14.1. The summed E-state index contributed by atoms with van der Waals surface area (Å²) < 4.78 is 31.8. The highest BCUT2D eigenvalue weighted by Gasteiger charge is 2.22. The normalized spacial score (nSPS) is 11.9. The number of carbonyl (C=O) groups is 1. The maximum atomic E-state index is 13.4. The van der Waals surface area contributed by atoms with Crippen molar-refractivity contribution in [2.75, 3.05) is 13.7 Å². The molecule has 25 heavy (non-hydrogen) atoms. The van der Waals surface area contributed by atoms with Crippen LogP contribution in [0.3, 0.4) is 0 Å². The van der Waals surface area contributed by atoms with Crippen molar-refractivity contribution >= 4 is 17.5 Å². The van der Waals surface area contributed by atoms with Gasteiger partial charge in [0.25, 0.3) is 5.91 Å². The van der Waals surface area contributed by atoms with Crippen LogP contribution in [0, 0.1) is 11.6 Å². The summed E-state index contributed by atoms with van der Waals surface area (Å²) in [6, 6.07) is 5.70. The molecule has 1 unspecified atom stereocenters. The Bertz CT molecular complexity index is 798. The van der Waals surface area contributed by atoms with E-state index in [1.54, 1.807) is 13.8 Å². The smallest absolute Gasteiger partial charge is 0.254 e. The molecule has 2 aromatic carbocycles. The van der Waals surface area contributed by atoms with Gasteiger partial charge in [-0.05, 0) is 43.7 Å². The van der Waals surface area contributed by atoms with Gasteiger partial charge in [0.05, 0.1) is 17.7 Å². The first-order valence-corrected chi connectivity index (χ1v) is 8.01. The molecule has 0 aliphatic carbocycles. The zero-order valence-corrected chi connectivity index (χ0v) is 14.8. The summed E-state index contributed by atoms with van der Waals surface area (Å²) in [5, 5.41) is 9.85. The molecule has 2 aromatic rings. The minimum Gasteiger partial charge on any atom is -0.503 e. The SMILES string of the molecule is CCOc1cc(C(=O)N(C)C(C)c2ccc(F)c(F)c2)cc(Cl)c1O. The van der Waals surface area contributed by atoms with E-state index in [1.165, 1.54) is 30.1 Å². The van der Waals surface area contributed by atoms with E-state index in [9.17, 15) is 18.7 Å². The van der Waals surface area contributed by atoms with Crippen LogP contribution in [-0.4, -0.2) is 29.6 Å². The summed E-state index contributed by atoms with van der Waals surface area (Å²) in [6.07, 6.45) is 0. The van der Waals surface area contributed by atoms with Gasteiger partial charge >= 0.3 is 0 Å². The summed E-state index contributed by atoms with van der Waals surface area (Å²) in [6.45, 7) is 3.72. The number of phenols is 1. The number of rotatable bonds is 5. The summed E-state index contributed by atoms with van der Waals surface area (Å²) in [5.41, 5.74) is 0.660. The van der Waals surface area contributed by atoms with Gasteiger partial charge < -0.3 is 14.7 Å². The molecule has 7 heteroatoms. The molecular weight excluding hydrogens is 352 g/mol. The topological polar surface area (TPSA) is 49.8 Å². The van der Waals surface area contributed by atoms with E-state index >= 15 is 0 Å². The Morgan fingerprint density at radius 2 is 1.96 bits per heavy atom. The highest BCUT2D eigenvalue weighted by atomic mass is 35.5. The number of ether oxygens (including phenoxy) is 1. The van der Waals surface area contributed by atoms with Gasteiger partial charge in [0, 0.05) is 12.6 Å². The lowest BCUT2D eigenvalue weighted by atomic mass is 10.1. The number of halogens is 3. The van der Waals surface area contributed by atoms with Crippen molar-refractivity contribution in [1.82, 2.24) is 4.90 Å². The minimum absolute atomic E-state index is 0.0109. The minimum atomic E-state index is -0.975. The van der Waals surface area contributed by atoms with Gasteiger partial charge in [0.15, 0.2) is 23.1 Å². The molecule has 0 aliphatic heterocycles. The van der Waals surface area contributed by atoms with Crippen LogP contribution < -0.4 is 4.74 Å². The summed E-state index contributed by atoms with van der Waals surface area (Å²) >= 11 is 5.95. The van der Waals surface area contributed by atoms with E-state index < -0.39 is 23.6 Å². The van der Waals surface area contributed by atoms with Crippen LogP contribution in [0.5, 0.6) is 11.5 Å². The molecule has 1 N–H and O–H groups in total. The summed E-state index contributed by atoms with van der Waals surface area (Å²) in [5.74, 6) is -2.46. The van der Waals surface area contributed by atoms with Crippen molar-refractivity contribution in [2.24, 2.45) is 0 Å². The second-order valence-corrected chi connectivity index (χ2v) is 5.91. The number of nitrogens with zero attached hydrogens (tertiary/aromatic N) is 1. The van der Waals surface area contributed by atoms with Gasteiger partial charge in [-0.3, -0.25) is 4.79 Å². The molecule has 134 valence electrons. The van der Waals surface area contributed by atoms with Gasteiger partial charge in [0.2, 0.25) is 0 Å². The number of hydrogen-bond acceptors (Lipinski definition) is 3. The Kier molecular flexibility index (Phi) is 5.85.